The summed E-state index contributed by atoms with van der Waals surface area (Å²) in [6.07, 6.45) is -2.73. The van der Waals surface area contributed by atoms with Crippen LogP contribution < -0.4 is 4.74 Å². The minimum absolute atomic E-state index is 0.0531. The van der Waals surface area contributed by atoms with Gasteiger partial charge in [0.1, 0.15) is 5.75 Å². The van der Waals surface area contributed by atoms with Gasteiger partial charge in [0, 0.05) is 18.8 Å². The van der Waals surface area contributed by atoms with Crippen molar-refractivity contribution < 1.29 is 22.7 Å². The number of carbonyl (C=O) groups is 1. The van der Waals surface area contributed by atoms with E-state index in [1.807, 2.05) is 0 Å². The lowest BCUT2D eigenvalue weighted by atomic mass is 10.1. The number of Topliss-reactive ketones (excluding diaryl/α,β-unsaturated/α-hetero) is 1. The van der Waals surface area contributed by atoms with Crippen LogP contribution in [0.1, 0.15) is 16.1 Å². The van der Waals surface area contributed by atoms with Crippen molar-refractivity contribution in [3.63, 3.8) is 0 Å². The van der Waals surface area contributed by atoms with Gasteiger partial charge in [0.2, 0.25) is 0 Å². The standard InChI is InChI=1S/C23H19F3N4O2S/c1-29-12-4-7-19(29)20(31)14-33-22-28-27-21(15-8-10-18(32-2)11-9-15)30(22)17-6-3-5-16(13-17)23(24,25)26/h3-13H,14H2,1-2H3. The highest BCUT2D eigenvalue weighted by molar-refractivity contribution is 7.99. The summed E-state index contributed by atoms with van der Waals surface area (Å²) >= 11 is 1.11. The highest BCUT2D eigenvalue weighted by Gasteiger charge is 2.31. The Hall–Kier alpha value is -3.53. The number of ketones is 1. The summed E-state index contributed by atoms with van der Waals surface area (Å²) in [5.74, 6) is 0.909. The van der Waals surface area contributed by atoms with Crippen LogP contribution >= 0.6 is 11.8 Å². The zero-order valence-electron chi connectivity index (χ0n) is 17.7. The van der Waals surface area contributed by atoms with Crippen LogP contribution in [-0.4, -0.2) is 38.0 Å². The molecule has 2 aromatic carbocycles. The maximum atomic E-state index is 13.4. The highest BCUT2D eigenvalue weighted by Crippen LogP contribution is 2.33. The normalized spacial score (nSPS) is 11.5. The van der Waals surface area contributed by atoms with E-state index in [1.165, 1.54) is 10.6 Å². The van der Waals surface area contributed by atoms with Crippen molar-refractivity contribution in [3.05, 3.63) is 78.1 Å². The first-order valence-corrected chi connectivity index (χ1v) is 10.8. The minimum Gasteiger partial charge on any atom is -0.497 e. The molecular weight excluding hydrogens is 453 g/mol. The smallest absolute Gasteiger partial charge is 0.416 e. The molecule has 0 spiro atoms. The molecule has 0 aliphatic rings. The van der Waals surface area contributed by atoms with E-state index in [-0.39, 0.29) is 17.2 Å². The van der Waals surface area contributed by atoms with E-state index in [1.54, 1.807) is 67.4 Å². The lowest BCUT2D eigenvalue weighted by Crippen LogP contribution is -2.09. The molecule has 0 fully saturated rings. The van der Waals surface area contributed by atoms with Gasteiger partial charge < -0.3 is 9.30 Å². The molecule has 0 aliphatic carbocycles. The number of aromatic nitrogens is 4. The van der Waals surface area contributed by atoms with Gasteiger partial charge in [0.25, 0.3) is 0 Å². The second-order valence-electron chi connectivity index (χ2n) is 7.13. The number of rotatable bonds is 7. The number of thioether (sulfide) groups is 1. The Morgan fingerprint density at radius 3 is 2.45 bits per heavy atom. The molecule has 2 aromatic heterocycles. The van der Waals surface area contributed by atoms with Gasteiger partial charge in [-0.15, -0.1) is 10.2 Å². The topological polar surface area (TPSA) is 61.9 Å². The molecule has 0 radical (unpaired) electrons. The molecule has 4 rings (SSSR count). The van der Waals surface area contributed by atoms with Crippen LogP contribution in [0.25, 0.3) is 17.1 Å². The first-order valence-electron chi connectivity index (χ1n) is 9.82. The third-order valence-electron chi connectivity index (χ3n) is 4.98. The number of hydrogen-bond donors (Lipinski definition) is 0. The van der Waals surface area contributed by atoms with Crippen LogP contribution in [0, 0.1) is 0 Å². The molecule has 33 heavy (non-hydrogen) atoms. The number of hydrogen-bond acceptors (Lipinski definition) is 5. The molecular formula is C23H19F3N4O2S. The Morgan fingerprint density at radius 2 is 1.82 bits per heavy atom. The highest BCUT2D eigenvalue weighted by atomic mass is 32.2. The van der Waals surface area contributed by atoms with Crippen molar-refractivity contribution in [2.75, 3.05) is 12.9 Å². The van der Waals surface area contributed by atoms with Crippen LogP contribution in [0.2, 0.25) is 0 Å². The lowest BCUT2D eigenvalue weighted by molar-refractivity contribution is -0.137. The maximum Gasteiger partial charge on any atom is 0.416 e. The number of carbonyl (C=O) groups excluding carboxylic acids is 1. The van der Waals surface area contributed by atoms with Gasteiger partial charge in [-0.05, 0) is 54.6 Å². The van der Waals surface area contributed by atoms with Gasteiger partial charge in [0.05, 0.1) is 29.8 Å². The second kappa shape index (κ2) is 9.14. The monoisotopic (exact) mass is 472 g/mol. The van der Waals surface area contributed by atoms with Gasteiger partial charge >= 0.3 is 6.18 Å². The number of methoxy groups -OCH3 is 1. The van der Waals surface area contributed by atoms with Crippen LogP contribution in [0.15, 0.2) is 72.0 Å². The summed E-state index contributed by atoms with van der Waals surface area (Å²) < 4.78 is 48.5. The van der Waals surface area contributed by atoms with Crippen LogP contribution in [0.4, 0.5) is 13.2 Å². The van der Waals surface area contributed by atoms with Crippen molar-refractivity contribution in [2.45, 2.75) is 11.3 Å². The zero-order chi connectivity index (χ0) is 23.6. The van der Waals surface area contributed by atoms with Gasteiger partial charge in [-0.3, -0.25) is 9.36 Å². The Kier molecular flexibility index (Phi) is 6.28. The first-order chi connectivity index (χ1) is 15.8. The fraction of sp³-hybridized carbons (Fsp3) is 0.174. The van der Waals surface area contributed by atoms with Crippen LogP contribution in [-0.2, 0) is 13.2 Å². The molecule has 0 amide bonds. The SMILES string of the molecule is COc1ccc(-c2nnc(SCC(=O)c3cccn3C)n2-c2cccc(C(F)(F)F)c2)cc1. The van der Waals surface area contributed by atoms with Gasteiger partial charge in [0.15, 0.2) is 16.8 Å². The summed E-state index contributed by atoms with van der Waals surface area (Å²) in [6.45, 7) is 0. The van der Waals surface area contributed by atoms with E-state index in [0.717, 1.165) is 23.9 Å². The van der Waals surface area contributed by atoms with E-state index in [0.29, 0.717) is 28.0 Å². The molecule has 0 unspecified atom stereocenters. The van der Waals surface area contributed by atoms with Crippen molar-refractivity contribution in [3.8, 4) is 22.8 Å². The van der Waals surface area contributed by atoms with Gasteiger partial charge in [-0.1, -0.05) is 17.8 Å². The molecule has 0 aliphatic heterocycles. The van der Waals surface area contributed by atoms with Crippen LogP contribution in [0.5, 0.6) is 5.75 Å². The quantitative estimate of drug-likeness (QED) is 0.271. The van der Waals surface area contributed by atoms with Crippen molar-refractivity contribution in [1.82, 2.24) is 19.3 Å². The molecule has 0 saturated carbocycles. The largest absolute Gasteiger partial charge is 0.497 e. The zero-order valence-corrected chi connectivity index (χ0v) is 18.5. The fourth-order valence-corrected chi connectivity index (χ4v) is 4.13. The summed E-state index contributed by atoms with van der Waals surface area (Å²) in [4.78, 5) is 12.6. The van der Waals surface area contributed by atoms with Crippen molar-refractivity contribution in [1.29, 1.82) is 0 Å². The lowest BCUT2D eigenvalue weighted by Gasteiger charge is -2.13. The van der Waals surface area contributed by atoms with Gasteiger partial charge in [-0.2, -0.15) is 13.2 Å². The molecule has 2 heterocycles. The number of halogens is 3. The Balaban J connectivity index is 1.75. The Bertz CT molecular complexity index is 1280. The third-order valence-corrected chi connectivity index (χ3v) is 5.90. The predicted molar refractivity (Wildman–Crippen MR) is 119 cm³/mol. The molecule has 10 heteroatoms. The number of aryl methyl sites for hydroxylation is 1. The van der Waals surface area contributed by atoms with Crippen molar-refractivity contribution >= 4 is 17.5 Å². The number of alkyl halides is 3. The summed E-state index contributed by atoms with van der Waals surface area (Å²) in [5.41, 5.74) is 0.629. The Labute approximate surface area is 192 Å². The van der Waals surface area contributed by atoms with E-state index in [2.05, 4.69) is 10.2 Å². The second-order valence-corrected chi connectivity index (χ2v) is 8.08. The average Bonchev–Trinajstić information content (AvgIpc) is 3.43. The van der Waals surface area contributed by atoms with E-state index in [9.17, 15) is 18.0 Å². The maximum absolute atomic E-state index is 13.4. The van der Waals surface area contributed by atoms with E-state index >= 15 is 0 Å². The number of ether oxygens (including phenoxy) is 1. The van der Waals surface area contributed by atoms with Crippen LogP contribution in [0.3, 0.4) is 0 Å². The fourth-order valence-electron chi connectivity index (χ4n) is 3.30. The first kappa shape index (κ1) is 22.7. The molecule has 0 atom stereocenters. The van der Waals surface area contributed by atoms with E-state index < -0.39 is 11.7 Å². The van der Waals surface area contributed by atoms with Gasteiger partial charge in [-0.25, -0.2) is 0 Å². The summed E-state index contributed by atoms with van der Waals surface area (Å²) in [5, 5.41) is 8.71. The number of nitrogens with zero attached hydrogens (tertiary/aromatic N) is 4. The molecule has 6 nitrogen and oxygen atoms in total. The molecule has 4 aromatic rings. The third kappa shape index (κ3) is 4.80. The Morgan fingerprint density at radius 1 is 1.06 bits per heavy atom. The van der Waals surface area contributed by atoms with Crippen molar-refractivity contribution in [2.24, 2.45) is 7.05 Å². The summed E-state index contributed by atoms with van der Waals surface area (Å²) in [7, 11) is 3.31. The van der Waals surface area contributed by atoms with E-state index in [4.69, 9.17) is 4.74 Å². The predicted octanol–water partition coefficient (Wildman–Crippen LogP) is 5.28. The molecule has 0 bridgehead atoms. The minimum atomic E-state index is -4.50. The molecule has 0 saturated heterocycles. The number of benzene rings is 2. The molecule has 0 N–H and O–H groups in total. The molecule has 170 valence electrons. The summed E-state index contributed by atoms with van der Waals surface area (Å²) in [6, 6.07) is 15.4. The average molecular weight is 472 g/mol.